The number of amides is 3. The predicted octanol–water partition coefficient (Wildman–Crippen LogP) is 4.70. The van der Waals surface area contributed by atoms with Gasteiger partial charge in [-0.05, 0) is 72.9 Å². The summed E-state index contributed by atoms with van der Waals surface area (Å²) in [5.41, 5.74) is 8.81. The molecule has 0 aliphatic carbocycles. The summed E-state index contributed by atoms with van der Waals surface area (Å²) in [6.07, 6.45) is 4.73. The van der Waals surface area contributed by atoms with Crippen molar-refractivity contribution in [2.24, 2.45) is 23.5 Å². The van der Waals surface area contributed by atoms with Crippen molar-refractivity contribution in [2.45, 2.75) is 58.5 Å². The summed E-state index contributed by atoms with van der Waals surface area (Å²) >= 11 is 0. The zero-order chi connectivity index (χ0) is 27.7. The lowest BCUT2D eigenvalue weighted by Crippen LogP contribution is -2.50. The zero-order valence-corrected chi connectivity index (χ0v) is 22.8. The lowest BCUT2D eigenvalue weighted by molar-refractivity contribution is -0.139. The first-order valence-corrected chi connectivity index (χ1v) is 13.5. The number of carbonyl (C=O) groups is 3. The van der Waals surface area contributed by atoms with E-state index < -0.39 is 23.8 Å². The summed E-state index contributed by atoms with van der Waals surface area (Å²) in [7, 11) is 1.64. The molecule has 1 saturated heterocycles. The number of hydrogen-bond acceptors (Lipinski definition) is 4. The molecular formula is C31H41N3O4. The lowest BCUT2D eigenvalue weighted by Gasteiger charge is -2.29. The summed E-state index contributed by atoms with van der Waals surface area (Å²) < 4.78 is 5.26. The van der Waals surface area contributed by atoms with Gasteiger partial charge in [-0.15, -0.1) is 6.58 Å². The van der Waals surface area contributed by atoms with Crippen LogP contribution in [0.1, 0.15) is 51.5 Å². The molecule has 3 atom stereocenters. The topological polar surface area (TPSA) is 102 Å². The van der Waals surface area contributed by atoms with Gasteiger partial charge in [-0.3, -0.25) is 14.4 Å². The monoisotopic (exact) mass is 519 g/mol. The number of benzene rings is 2. The van der Waals surface area contributed by atoms with E-state index in [0.717, 1.165) is 35.3 Å². The van der Waals surface area contributed by atoms with E-state index in [9.17, 15) is 14.4 Å². The third-order valence-corrected chi connectivity index (χ3v) is 7.15. The number of primary amides is 1. The second kappa shape index (κ2) is 13.8. The maximum Gasteiger partial charge on any atom is 0.245 e. The maximum atomic E-state index is 13.6. The Hall–Kier alpha value is -3.61. The van der Waals surface area contributed by atoms with Crippen LogP contribution in [0.5, 0.6) is 5.75 Å². The molecule has 3 N–H and O–H groups in total. The van der Waals surface area contributed by atoms with Crippen molar-refractivity contribution in [1.82, 2.24) is 10.2 Å². The molecule has 7 nitrogen and oxygen atoms in total. The van der Waals surface area contributed by atoms with Crippen LogP contribution in [-0.4, -0.2) is 42.3 Å². The Labute approximate surface area is 226 Å². The second-order valence-electron chi connectivity index (χ2n) is 10.5. The minimum absolute atomic E-state index is 0.0895. The quantitative estimate of drug-likeness (QED) is 0.397. The van der Waals surface area contributed by atoms with Crippen molar-refractivity contribution >= 4 is 17.7 Å². The van der Waals surface area contributed by atoms with E-state index in [4.69, 9.17) is 10.5 Å². The number of carbonyl (C=O) groups excluding carboxylic acids is 3. The molecule has 0 radical (unpaired) electrons. The number of nitrogens with zero attached hydrogens (tertiary/aromatic N) is 1. The molecule has 0 saturated carbocycles. The van der Waals surface area contributed by atoms with Crippen LogP contribution in [0.4, 0.5) is 0 Å². The number of hydrogen-bond donors (Lipinski definition) is 2. The first-order chi connectivity index (χ1) is 18.2. The smallest absolute Gasteiger partial charge is 0.245 e. The molecule has 1 aliphatic heterocycles. The van der Waals surface area contributed by atoms with Gasteiger partial charge in [-0.2, -0.15) is 0 Å². The number of nitrogens with two attached hydrogens (primary N) is 1. The molecule has 38 heavy (non-hydrogen) atoms. The predicted molar refractivity (Wildman–Crippen MR) is 150 cm³/mol. The van der Waals surface area contributed by atoms with E-state index in [1.54, 1.807) is 13.2 Å². The molecule has 7 heteroatoms. The Morgan fingerprint density at radius 2 is 1.87 bits per heavy atom. The number of likely N-dealkylation sites (tertiary alicyclic amines) is 1. The van der Waals surface area contributed by atoms with Crippen LogP contribution in [0.25, 0.3) is 11.1 Å². The van der Waals surface area contributed by atoms with Gasteiger partial charge in [0, 0.05) is 13.1 Å². The van der Waals surface area contributed by atoms with Crippen LogP contribution in [0, 0.1) is 17.8 Å². The largest absolute Gasteiger partial charge is 0.497 e. The average molecular weight is 520 g/mol. The van der Waals surface area contributed by atoms with E-state index in [2.05, 4.69) is 18.0 Å². The molecule has 2 aromatic rings. The number of nitrogens with one attached hydrogen (secondary N) is 1. The molecule has 0 aromatic heterocycles. The van der Waals surface area contributed by atoms with Gasteiger partial charge >= 0.3 is 0 Å². The highest BCUT2D eigenvalue weighted by atomic mass is 16.5. The summed E-state index contributed by atoms with van der Waals surface area (Å²) in [6.45, 7) is 8.83. The SMILES string of the molecule is C=CC[C@H](C(N)=O)[C@@H](CC(C)C)C(=O)N[C@H]1CCCCN(Cc2cccc(-c3ccc(OC)cc3)c2)C1=O. The third-order valence-electron chi connectivity index (χ3n) is 7.15. The molecule has 0 spiro atoms. The second-order valence-corrected chi connectivity index (χ2v) is 10.5. The van der Waals surface area contributed by atoms with Gasteiger partial charge in [0.1, 0.15) is 11.8 Å². The van der Waals surface area contributed by atoms with E-state index in [1.165, 1.54) is 0 Å². The highest BCUT2D eigenvalue weighted by Gasteiger charge is 2.35. The van der Waals surface area contributed by atoms with E-state index in [-0.39, 0.29) is 17.7 Å². The molecule has 1 aliphatic rings. The molecule has 2 aromatic carbocycles. The van der Waals surface area contributed by atoms with Gasteiger partial charge in [0.05, 0.1) is 18.9 Å². The van der Waals surface area contributed by atoms with Gasteiger partial charge < -0.3 is 20.7 Å². The molecule has 1 fully saturated rings. The third kappa shape index (κ3) is 7.70. The van der Waals surface area contributed by atoms with Gasteiger partial charge in [0.15, 0.2) is 0 Å². The molecular weight excluding hydrogens is 478 g/mol. The Morgan fingerprint density at radius 3 is 2.50 bits per heavy atom. The lowest BCUT2D eigenvalue weighted by atomic mass is 9.82. The van der Waals surface area contributed by atoms with E-state index in [1.807, 2.05) is 61.2 Å². The minimum Gasteiger partial charge on any atom is -0.497 e. The number of allylic oxidation sites excluding steroid dienone is 1. The Morgan fingerprint density at radius 1 is 1.13 bits per heavy atom. The van der Waals surface area contributed by atoms with Crippen LogP contribution >= 0.6 is 0 Å². The first kappa shape index (κ1) is 29.0. The van der Waals surface area contributed by atoms with Gasteiger partial charge in [-0.25, -0.2) is 0 Å². The Kier molecular flexibility index (Phi) is 10.5. The molecule has 1 heterocycles. The van der Waals surface area contributed by atoms with Crippen molar-refractivity contribution in [3.8, 4) is 16.9 Å². The normalized spacial score (nSPS) is 17.4. The summed E-state index contributed by atoms with van der Waals surface area (Å²) in [6, 6.07) is 15.4. The van der Waals surface area contributed by atoms with Crippen molar-refractivity contribution in [1.29, 1.82) is 0 Å². The van der Waals surface area contributed by atoms with Crippen LogP contribution in [-0.2, 0) is 20.9 Å². The number of rotatable bonds is 12. The fourth-order valence-corrected chi connectivity index (χ4v) is 5.15. The van der Waals surface area contributed by atoms with Crippen molar-refractivity contribution in [3.05, 3.63) is 66.7 Å². The van der Waals surface area contributed by atoms with Crippen LogP contribution in [0.15, 0.2) is 61.2 Å². The number of methoxy groups -OCH3 is 1. The number of ether oxygens (including phenoxy) is 1. The van der Waals surface area contributed by atoms with Crippen molar-refractivity contribution in [2.75, 3.05) is 13.7 Å². The van der Waals surface area contributed by atoms with Crippen LogP contribution < -0.4 is 15.8 Å². The first-order valence-electron chi connectivity index (χ1n) is 13.5. The summed E-state index contributed by atoms with van der Waals surface area (Å²) in [5, 5.41) is 2.99. The Bertz CT molecular complexity index is 1110. The standard InChI is InChI=1S/C31H41N3O4/c1-5-9-26(29(32)35)27(18-21(2)3)30(36)33-28-12-6-7-17-34(31(28)37)20-22-10-8-11-24(19-22)23-13-15-25(38-4)16-14-23/h5,8,10-11,13-16,19,21,26-28H,1,6-7,9,12,17-18,20H2,2-4H3,(H2,32,35)(H,33,36)/t26-,27+,28-/m0/s1. The van der Waals surface area contributed by atoms with Crippen molar-refractivity contribution in [3.63, 3.8) is 0 Å². The summed E-state index contributed by atoms with van der Waals surface area (Å²) in [5.74, 6) is -1.15. The van der Waals surface area contributed by atoms with Gasteiger partial charge in [-0.1, -0.05) is 50.3 Å². The fourth-order valence-electron chi connectivity index (χ4n) is 5.15. The fraction of sp³-hybridized carbons (Fsp3) is 0.452. The summed E-state index contributed by atoms with van der Waals surface area (Å²) in [4.78, 5) is 41.0. The molecule has 3 amide bonds. The Balaban J connectivity index is 1.75. The molecule has 0 unspecified atom stereocenters. The highest BCUT2D eigenvalue weighted by Crippen LogP contribution is 2.27. The van der Waals surface area contributed by atoms with Crippen LogP contribution in [0.3, 0.4) is 0 Å². The average Bonchev–Trinajstić information content (AvgIpc) is 3.07. The van der Waals surface area contributed by atoms with E-state index >= 15 is 0 Å². The van der Waals surface area contributed by atoms with Gasteiger partial charge in [0.2, 0.25) is 17.7 Å². The molecule has 204 valence electrons. The van der Waals surface area contributed by atoms with Gasteiger partial charge in [0.25, 0.3) is 0 Å². The van der Waals surface area contributed by atoms with Crippen LogP contribution in [0.2, 0.25) is 0 Å². The minimum atomic E-state index is -0.646. The van der Waals surface area contributed by atoms with Crippen molar-refractivity contribution < 1.29 is 19.1 Å². The van der Waals surface area contributed by atoms with E-state index in [0.29, 0.717) is 32.4 Å². The maximum absolute atomic E-state index is 13.6. The molecule has 3 rings (SSSR count). The zero-order valence-electron chi connectivity index (χ0n) is 22.8. The molecule has 0 bridgehead atoms. The highest BCUT2D eigenvalue weighted by molar-refractivity contribution is 5.91.